The summed E-state index contributed by atoms with van der Waals surface area (Å²) in [5.41, 5.74) is 0.633. The lowest BCUT2D eigenvalue weighted by atomic mass is 9.95. The first-order chi connectivity index (χ1) is 9.72. The molecule has 0 aromatic heterocycles. The van der Waals surface area contributed by atoms with Gasteiger partial charge < -0.3 is 10.2 Å². The van der Waals surface area contributed by atoms with Crippen molar-refractivity contribution in [3.8, 4) is 0 Å². The molecule has 1 fully saturated rings. The van der Waals surface area contributed by atoms with Crippen molar-refractivity contribution < 1.29 is 9.18 Å². The fourth-order valence-corrected chi connectivity index (χ4v) is 2.65. The van der Waals surface area contributed by atoms with E-state index in [1.807, 2.05) is 11.0 Å². The van der Waals surface area contributed by atoms with Crippen LogP contribution in [-0.2, 0) is 4.79 Å². The zero-order valence-corrected chi connectivity index (χ0v) is 12.2. The van der Waals surface area contributed by atoms with Crippen molar-refractivity contribution in [3.05, 3.63) is 30.1 Å². The number of nitrogens with zero attached hydrogens (tertiary/aromatic N) is 1. The number of nitrogens with one attached hydrogen (secondary N) is 1. The SMILES string of the molecule is O=C(NCCCCl)C1CCN(c2ccccc2F)CC1. The van der Waals surface area contributed by atoms with Gasteiger partial charge >= 0.3 is 0 Å². The van der Waals surface area contributed by atoms with Gasteiger partial charge in [0.25, 0.3) is 0 Å². The molecule has 0 spiro atoms. The van der Waals surface area contributed by atoms with Crippen molar-refractivity contribution in [2.75, 3.05) is 30.4 Å². The van der Waals surface area contributed by atoms with Crippen LogP contribution in [0.25, 0.3) is 0 Å². The molecule has 0 bridgehead atoms. The van der Waals surface area contributed by atoms with Gasteiger partial charge in [-0.05, 0) is 31.4 Å². The summed E-state index contributed by atoms with van der Waals surface area (Å²) in [4.78, 5) is 13.9. The molecule has 1 heterocycles. The molecule has 1 saturated heterocycles. The summed E-state index contributed by atoms with van der Waals surface area (Å²) in [5, 5.41) is 2.90. The third-order valence-electron chi connectivity index (χ3n) is 3.67. The van der Waals surface area contributed by atoms with E-state index in [2.05, 4.69) is 5.32 Å². The lowest BCUT2D eigenvalue weighted by Crippen LogP contribution is -2.41. The van der Waals surface area contributed by atoms with Gasteiger partial charge in [-0.1, -0.05) is 12.1 Å². The van der Waals surface area contributed by atoms with E-state index in [4.69, 9.17) is 11.6 Å². The van der Waals surface area contributed by atoms with E-state index < -0.39 is 0 Å². The summed E-state index contributed by atoms with van der Waals surface area (Å²) in [7, 11) is 0. The lowest BCUT2D eigenvalue weighted by Gasteiger charge is -2.33. The monoisotopic (exact) mass is 298 g/mol. The zero-order valence-electron chi connectivity index (χ0n) is 11.4. The van der Waals surface area contributed by atoms with Crippen molar-refractivity contribution in [2.24, 2.45) is 5.92 Å². The maximum atomic E-state index is 13.7. The molecule has 1 aromatic rings. The Kier molecular flexibility index (Phi) is 5.65. The highest BCUT2D eigenvalue weighted by atomic mass is 35.5. The summed E-state index contributed by atoms with van der Waals surface area (Å²) in [5.74, 6) is 0.501. The van der Waals surface area contributed by atoms with Crippen LogP contribution in [0.5, 0.6) is 0 Å². The maximum absolute atomic E-state index is 13.7. The van der Waals surface area contributed by atoms with Crippen molar-refractivity contribution >= 4 is 23.2 Å². The predicted octanol–water partition coefficient (Wildman–Crippen LogP) is 2.79. The molecule has 1 N–H and O–H groups in total. The highest BCUT2D eigenvalue weighted by Crippen LogP contribution is 2.25. The average Bonchev–Trinajstić information content (AvgIpc) is 2.48. The summed E-state index contributed by atoms with van der Waals surface area (Å²) in [6, 6.07) is 6.79. The van der Waals surface area contributed by atoms with E-state index in [0.717, 1.165) is 19.3 Å². The molecule has 1 aromatic carbocycles. The van der Waals surface area contributed by atoms with Gasteiger partial charge in [0.2, 0.25) is 5.91 Å². The molecule has 2 rings (SSSR count). The Bertz CT molecular complexity index is 447. The van der Waals surface area contributed by atoms with E-state index in [1.165, 1.54) is 6.07 Å². The van der Waals surface area contributed by atoms with Gasteiger partial charge in [0.1, 0.15) is 5.82 Å². The third kappa shape index (κ3) is 3.85. The van der Waals surface area contributed by atoms with Crippen molar-refractivity contribution in [3.63, 3.8) is 0 Å². The van der Waals surface area contributed by atoms with E-state index in [9.17, 15) is 9.18 Å². The minimum Gasteiger partial charge on any atom is -0.369 e. The Morgan fingerprint density at radius 1 is 1.35 bits per heavy atom. The molecule has 0 atom stereocenters. The number of anilines is 1. The molecular weight excluding hydrogens is 279 g/mol. The molecule has 5 heteroatoms. The number of hydrogen-bond acceptors (Lipinski definition) is 2. The Morgan fingerprint density at radius 3 is 2.70 bits per heavy atom. The molecule has 0 saturated carbocycles. The number of amides is 1. The molecule has 1 aliphatic heterocycles. The number of hydrogen-bond donors (Lipinski definition) is 1. The number of carbonyl (C=O) groups is 1. The second-order valence-corrected chi connectivity index (χ2v) is 5.42. The van der Waals surface area contributed by atoms with Crippen LogP contribution < -0.4 is 10.2 Å². The molecule has 1 amide bonds. The van der Waals surface area contributed by atoms with Crippen LogP contribution >= 0.6 is 11.6 Å². The first-order valence-corrected chi connectivity index (χ1v) is 7.59. The predicted molar refractivity (Wildman–Crippen MR) is 79.7 cm³/mol. The number of para-hydroxylation sites is 1. The standard InChI is InChI=1S/C15H20ClFN2O/c16-8-3-9-18-15(20)12-6-10-19(11-7-12)14-5-2-1-4-13(14)17/h1-2,4-5,12H,3,6-11H2,(H,18,20). The highest BCUT2D eigenvalue weighted by Gasteiger charge is 2.25. The number of carbonyl (C=O) groups excluding carboxylic acids is 1. The van der Waals surface area contributed by atoms with Gasteiger partial charge in [-0.15, -0.1) is 11.6 Å². The molecule has 3 nitrogen and oxygen atoms in total. The fourth-order valence-electron chi connectivity index (χ4n) is 2.51. The highest BCUT2D eigenvalue weighted by molar-refractivity contribution is 6.17. The Morgan fingerprint density at radius 2 is 2.05 bits per heavy atom. The van der Waals surface area contributed by atoms with Crippen LogP contribution in [0.15, 0.2) is 24.3 Å². The second-order valence-electron chi connectivity index (χ2n) is 5.05. The average molecular weight is 299 g/mol. The Labute approximate surface area is 124 Å². The number of rotatable bonds is 5. The summed E-state index contributed by atoms with van der Waals surface area (Å²) >= 11 is 5.58. The van der Waals surface area contributed by atoms with Crippen LogP contribution in [0, 0.1) is 11.7 Å². The quantitative estimate of drug-likeness (QED) is 0.670. The molecule has 20 heavy (non-hydrogen) atoms. The summed E-state index contributed by atoms with van der Waals surface area (Å²) < 4.78 is 13.7. The van der Waals surface area contributed by atoms with Gasteiger partial charge in [0.05, 0.1) is 5.69 Å². The molecule has 0 unspecified atom stereocenters. The van der Waals surface area contributed by atoms with Crippen molar-refractivity contribution in [1.29, 1.82) is 0 Å². The van der Waals surface area contributed by atoms with E-state index in [-0.39, 0.29) is 17.6 Å². The van der Waals surface area contributed by atoms with Crippen LogP contribution in [0.1, 0.15) is 19.3 Å². The minimum absolute atomic E-state index is 0.0355. The minimum atomic E-state index is -0.197. The first kappa shape index (κ1) is 15.1. The molecule has 0 radical (unpaired) electrons. The molecule has 0 aliphatic carbocycles. The van der Waals surface area contributed by atoms with E-state index in [1.54, 1.807) is 12.1 Å². The van der Waals surface area contributed by atoms with Crippen molar-refractivity contribution in [1.82, 2.24) is 5.32 Å². The van der Waals surface area contributed by atoms with Crippen LogP contribution in [-0.4, -0.2) is 31.4 Å². The lowest BCUT2D eigenvalue weighted by molar-refractivity contribution is -0.125. The Balaban J connectivity index is 1.83. The van der Waals surface area contributed by atoms with Crippen LogP contribution in [0.4, 0.5) is 10.1 Å². The second kappa shape index (κ2) is 7.48. The van der Waals surface area contributed by atoms with Gasteiger partial charge in [0.15, 0.2) is 0 Å². The third-order valence-corrected chi connectivity index (χ3v) is 3.94. The summed E-state index contributed by atoms with van der Waals surface area (Å²) in [6.45, 7) is 2.07. The summed E-state index contributed by atoms with van der Waals surface area (Å²) in [6.07, 6.45) is 2.32. The van der Waals surface area contributed by atoms with E-state index >= 15 is 0 Å². The van der Waals surface area contributed by atoms with Gasteiger partial charge in [-0.2, -0.15) is 0 Å². The largest absolute Gasteiger partial charge is 0.369 e. The first-order valence-electron chi connectivity index (χ1n) is 7.05. The fraction of sp³-hybridized carbons (Fsp3) is 0.533. The normalized spacial score (nSPS) is 16.2. The zero-order chi connectivity index (χ0) is 14.4. The molecule has 110 valence electrons. The van der Waals surface area contributed by atoms with Gasteiger partial charge in [-0.25, -0.2) is 4.39 Å². The number of alkyl halides is 1. The smallest absolute Gasteiger partial charge is 0.223 e. The van der Waals surface area contributed by atoms with Crippen molar-refractivity contribution in [2.45, 2.75) is 19.3 Å². The van der Waals surface area contributed by atoms with E-state index in [0.29, 0.717) is 31.2 Å². The van der Waals surface area contributed by atoms with Gasteiger partial charge in [-0.3, -0.25) is 4.79 Å². The van der Waals surface area contributed by atoms with Gasteiger partial charge in [0, 0.05) is 31.4 Å². The Hall–Kier alpha value is -1.29. The number of piperidine rings is 1. The number of halogens is 2. The molecule has 1 aliphatic rings. The maximum Gasteiger partial charge on any atom is 0.223 e. The van der Waals surface area contributed by atoms with Crippen LogP contribution in [0.2, 0.25) is 0 Å². The number of benzene rings is 1. The topological polar surface area (TPSA) is 32.3 Å². The van der Waals surface area contributed by atoms with Crippen LogP contribution in [0.3, 0.4) is 0 Å². The molecular formula is C15H20ClFN2O.